The summed E-state index contributed by atoms with van der Waals surface area (Å²) in [5.41, 5.74) is 1.79. The lowest BCUT2D eigenvalue weighted by atomic mass is 9.96. The molecule has 1 aliphatic rings. The predicted octanol–water partition coefficient (Wildman–Crippen LogP) is 2.21. The summed E-state index contributed by atoms with van der Waals surface area (Å²) >= 11 is 0. The molecular formula is C14H24ClN3O. The lowest BCUT2D eigenvalue weighted by molar-refractivity contribution is 0.0690. The number of nitrogens with one attached hydrogen (secondary N) is 2. The number of halogens is 1. The maximum Gasteiger partial charge on any atom is 0.255 e. The number of aryl methyl sites for hydroxylation is 1. The van der Waals surface area contributed by atoms with Gasteiger partial charge in [0, 0.05) is 25.0 Å². The zero-order valence-corrected chi connectivity index (χ0v) is 12.6. The Morgan fingerprint density at radius 2 is 2.16 bits per heavy atom. The molecule has 0 aliphatic carbocycles. The second kappa shape index (κ2) is 7.56. The molecule has 1 aromatic heterocycles. The van der Waals surface area contributed by atoms with Crippen LogP contribution in [0.5, 0.6) is 0 Å². The number of likely N-dealkylation sites (tertiary alicyclic amines) is 1. The van der Waals surface area contributed by atoms with Crippen LogP contribution < -0.4 is 5.32 Å². The molecule has 0 aromatic carbocycles. The molecule has 0 unspecified atom stereocenters. The van der Waals surface area contributed by atoms with E-state index in [1.165, 1.54) is 0 Å². The molecular weight excluding hydrogens is 262 g/mol. The van der Waals surface area contributed by atoms with E-state index in [0.29, 0.717) is 0 Å². The number of H-pyrrole nitrogens is 1. The SMILES string of the molecule is CCNCC1CCN(C(=O)c2cc[nH]c2C)CC1.Cl. The van der Waals surface area contributed by atoms with Crippen molar-refractivity contribution in [3.63, 3.8) is 0 Å². The normalized spacial score (nSPS) is 16.2. The van der Waals surface area contributed by atoms with Crippen LogP contribution in [0.1, 0.15) is 35.8 Å². The number of aromatic nitrogens is 1. The monoisotopic (exact) mass is 285 g/mol. The van der Waals surface area contributed by atoms with Crippen molar-refractivity contribution in [3.8, 4) is 0 Å². The second-order valence-electron chi connectivity index (χ2n) is 5.06. The van der Waals surface area contributed by atoms with E-state index in [-0.39, 0.29) is 18.3 Å². The Morgan fingerprint density at radius 3 is 2.68 bits per heavy atom. The van der Waals surface area contributed by atoms with Gasteiger partial charge in [0.15, 0.2) is 0 Å². The van der Waals surface area contributed by atoms with Crippen molar-refractivity contribution < 1.29 is 4.79 Å². The van der Waals surface area contributed by atoms with Gasteiger partial charge in [-0.3, -0.25) is 4.79 Å². The molecule has 0 atom stereocenters. The van der Waals surface area contributed by atoms with Crippen LogP contribution in [0.15, 0.2) is 12.3 Å². The number of nitrogens with zero attached hydrogens (tertiary/aromatic N) is 1. The van der Waals surface area contributed by atoms with Gasteiger partial charge in [-0.25, -0.2) is 0 Å². The predicted molar refractivity (Wildman–Crippen MR) is 79.9 cm³/mol. The van der Waals surface area contributed by atoms with Gasteiger partial charge in [0.25, 0.3) is 5.91 Å². The van der Waals surface area contributed by atoms with Crippen molar-refractivity contribution in [3.05, 3.63) is 23.5 Å². The zero-order valence-electron chi connectivity index (χ0n) is 11.7. The molecule has 1 amide bonds. The van der Waals surface area contributed by atoms with Gasteiger partial charge in [0.05, 0.1) is 5.56 Å². The third-order valence-electron chi connectivity index (χ3n) is 3.77. The van der Waals surface area contributed by atoms with Gasteiger partial charge in [-0.15, -0.1) is 12.4 Å². The van der Waals surface area contributed by atoms with Crippen LogP contribution in [0.3, 0.4) is 0 Å². The molecule has 1 fully saturated rings. The quantitative estimate of drug-likeness (QED) is 0.891. The van der Waals surface area contributed by atoms with E-state index >= 15 is 0 Å². The minimum absolute atomic E-state index is 0. The summed E-state index contributed by atoms with van der Waals surface area (Å²) in [6, 6.07) is 1.88. The number of hydrogen-bond acceptors (Lipinski definition) is 2. The van der Waals surface area contributed by atoms with Crippen molar-refractivity contribution in [1.82, 2.24) is 15.2 Å². The van der Waals surface area contributed by atoms with E-state index in [9.17, 15) is 4.79 Å². The van der Waals surface area contributed by atoms with Crippen molar-refractivity contribution in [2.45, 2.75) is 26.7 Å². The summed E-state index contributed by atoms with van der Waals surface area (Å²) in [5.74, 6) is 0.900. The molecule has 19 heavy (non-hydrogen) atoms. The van der Waals surface area contributed by atoms with Crippen LogP contribution in [0.2, 0.25) is 0 Å². The number of rotatable bonds is 4. The number of aromatic amines is 1. The van der Waals surface area contributed by atoms with Gasteiger partial charge in [-0.1, -0.05) is 6.92 Å². The van der Waals surface area contributed by atoms with Crippen molar-refractivity contribution in [2.75, 3.05) is 26.2 Å². The largest absolute Gasteiger partial charge is 0.365 e. The summed E-state index contributed by atoms with van der Waals surface area (Å²) in [6.45, 7) is 7.97. The Balaban J connectivity index is 0.00000180. The van der Waals surface area contributed by atoms with E-state index in [1.54, 1.807) is 0 Å². The van der Waals surface area contributed by atoms with E-state index < -0.39 is 0 Å². The molecule has 1 saturated heterocycles. The average Bonchev–Trinajstić information content (AvgIpc) is 2.82. The van der Waals surface area contributed by atoms with Gasteiger partial charge >= 0.3 is 0 Å². The highest BCUT2D eigenvalue weighted by Crippen LogP contribution is 2.19. The first-order chi connectivity index (χ1) is 8.72. The van der Waals surface area contributed by atoms with Crippen molar-refractivity contribution >= 4 is 18.3 Å². The number of carbonyl (C=O) groups excluding carboxylic acids is 1. The zero-order chi connectivity index (χ0) is 13.0. The van der Waals surface area contributed by atoms with Gasteiger partial charge in [0.2, 0.25) is 0 Å². The van der Waals surface area contributed by atoms with Crippen LogP contribution in [0.25, 0.3) is 0 Å². The molecule has 4 nitrogen and oxygen atoms in total. The van der Waals surface area contributed by atoms with Crippen LogP contribution >= 0.6 is 12.4 Å². The Hall–Kier alpha value is -1.00. The Labute approximate surface area is 121 Å². The van der Waals surface area contributed by atoms with E-state index in [1.807, 2.05) is 24.1 Å². The summed E-state index contributed by atoms with van der Waals surface area (Å²) < 4.78 is 0. The highest BCUT2D eigenvalue weighted by atomic mass is 35.5. The fourth-order valence-corrected chi connectivity index (χ4v) is 2.54. The first-order valence-electron chi connectivity index (χ1n) is 6.86. The molecule has 2 rings (SSSR count). The third-order valence-corrected chi connectivity index (χ3v) is 3.77. The first-order valence-corrected chi connectivity index (χ1v) is 6.86. The molecule has 1 aromatic rings. The highest BCUT2D eigenvalue weighted by molar-refractivity contribution is 5.95. The maximum absolute atomic E-state index is 12.3. The van der Waals surface area contributed by atoms with Gasteiger partial charge in [-0.2, -0.15) is 0 Å². The fourth-order valence-electron chi connectivity index (χ4n) is 2.54. The second-order valence-corrected chi connectivity index (χ2v) is 5.06. The smallest absolute Gasteiger partial charge is 0.255 e. The van der Waals surface area contributed by atoms with Gasteiger partial charge in [-0.05, 0) is 44.8 Å². The number of piperidine rings is 1. The molecule has 1 aliphatic heterocycles. The van der Waals surface area contributed by atoms with E-state index in [0.717, 1.165) is 56.2 Å². The Kier molecular flexibility index (Phi) is 6.38. The topological polar surface area (TPSA) is 48.1 Å². The molecule has 0 spiro atoms. The van der Waals surface area contributed by atoms with E-state index in [4.69, 9.17) is 0 Å². The molecule has 5 heteroatoms. The highest BCUT2D eigenvalue weighted by Gasteiger charge is 2.24. The number of carbonyl (C=O) groups is 1. The van der Waals surface area contributed by atoms with Crippen LogP contribution in [0.4, 0.5) is 0 Å². The summed E-state index contributed by atoms with van der Waals surface area (Å²) in [5, 5.41) is 3.39. The van der Waals surface area contributed by atoms with Crippen molar-refractivity contribution in [1.29, 1.82) is 0 Å². The summed E-state index contributed by atoms with van der Waals surface area (Å²) in [6.07, 6.45) is 4.06. The van der Waals surface area contributed by atoms with Crippen LogP contribution in [-0.2, 0) is 0 Å². The minimum atomic E-state index is 0. The molecule has 0 saturated carbocycles. The standard InChI is InChI=1S/C14H23N3O.ClH/c1-3-15-10-12-5-8-17(9-6-12)14(18)13-4-7-16-11(13)2;/h4,7,12,15-16H,3,5-6,8-10H2,1-2H3;1H. The molecule has 2 N–H and O–H groups in total. The fraction of sp³-hybridized carbons (Fsp3) is 0.643. The molecule has 0 radical (unpaired) electrons. The van der Waals surface area contributed by atoms with Gasteiger partial charge in [0.1, 0.15) is 0 Å². The molecule has 2 heterocycles. The minimum Gasteiger partial charge on any atom is -0.365 e. The molecule has 108 valence electrons. The maximum atomic E-state index is 12.3. The number of amides is 1. The summed E-state index contributed by atoms with van der Waals surface area (Å²) in [7, 11) is 0. The first kappa shape index (κ1) is 16.1. The van der Waals surface area contributed by atoms with Crippen LogP contribution in [0, 0.1) is 12.8 Å². The van der Waals surface area contributed by atoms with E-state index in [2.05, 4.69) is 17.2 Å². The summed E-state index contributed by atoms with van der Waals surface area (Å²) in [4.78, 5) is 17.3. The lowest BCUT2D eigenvalue weighted by Gasteiger charge is -2.32. The van der Waals surface area contributed by atoms with Crippen molar-refractivity contribution in [2.24, 2.45) is 5.92 Å². The number of hydrogen-bond donors (Lipinski definition) is 2. The molecule has 0 bridgehead atoms. The van der Waals surface area contributed by atoms with Crippen LogP contribution in [-0.4, -0.2) is 42.0 Å². The lowest BCUT2D eigenvalue weighted by Crippen LogP contribution is -2.40. The third kappa shape index (κ3) is 3.98. The Morgan fingerprint density at radius 1 is 1.47 bits per heavy atom. The Bertz CT molecular complexity index is 397. The van der Waals surface area contributed by atoms with Gasteiger partial charge < -0.3 is 15.2 Å². The average molecular weight is 286 g/mol.